The van der Waals surface area contributed by atoms with Crippen molar-refractivity contribution in [3.05, 3.63) is 0 Å². The molecule has 0 rings (SSSR count). The summed E-state index contributed by atoms with van der Waals surface area (Å²) in [5.74, 6) is 0. The molecule has 0 fully saturated rings. The Balaban J connectivity index is 3.16. The quantitative estimate of drug-likeness (QED) is 0.397. The van der Waals surface area contributed by atoms with Gasteiger partial charge in [0, 0.05) is 0 Å². The van der Waals surface area contributed by atoms with E-state index in [0.29, 0.717) is 0 Å². The molecule has 0 aliphatic heterocycles. The van der Waals surface area contributed by atoms with Gasteiger partial charge in [0.05, 0.1) is 6.61 Å². The summed E-state index contributed by atoms with van der Waals surface area (Å²) in [5, 5.41) is 16.6. The number of aliphatic hydroxyl groups excluding tert-OH is 2. The Morgan fingerprint density at radius 2 is 2.22 bits per heavy atom. The van der Waals surface area contributed by atoms with Crippen LogP contribution >= 0.6 is 0 Å². The molecule has 54 valence electrons. The van der Waals surface area contributed by atoms with Crippen molar-refractivity contribution >= 4 is 9.17 Å². The molecule has 0 aliphatic rings. The van der Waals surface area contributed by atoms with Crippen molar-refractivity contribution in [1.29, 1.82) is 0 Å². The molecule has 0 heterocycles. The fraction of sp³-hybridized carbons (Fsp3) is 1.00. The molecular formula is C3H8O5Si. The fourth-order valence-corrected chi connectivity index (χ4v) is 0.555. The summed E-state index contributed by atoms with van der Waals surface area (Å²) in [6.45, 7) is -0.764. The molecule has 3 N–H and O–H groups in total. The van der Waals surface area contributed by atoms with Crippen molar-refractivity contribution in [2.45, 2.75) is 6.10 Å². The first-order valence-corrected chi connectivity index (χ1v) is 3.58. The first-order valence-electron chi connectivity index (χ1n) is 2.31. The zero-order valence-electron chi connectivity index (χ0n) is 4.65. The van der Waals surface area contributed by atoms with Gasteiger partial charge in [0.2, 0.25) is 0 Å². The zero-order valence-corrected chi connectivity index (χ0v) is 5.65. The van der Waals surface area contributed by atoms with Crippen LogP contribution in [-0.4, -0.2) is 43.5 Å². The Kier molecular flexibility index (Phi) is 4.19. The van der Waals surface area contributed by atoms with E-state index >= 15 is 0 Å². The van der Waals surface area contributed by atoms with Gasteiger partial charge in [-0.25, -0.2) is 0 Å². The van der Waals surface area contributed by atoms with Crippen LogP contribution in [0.3, 0.4) is 0 Å². The van der Waals surface area contributed by atoms with Crippen molar-refractivity contribution in [3.63, 3.8) is 0 Å². The van der Waals surface area contributed by atoms with Crippen LogP contribution in [0.1, 0.15) is 0 Å². The van der Waals surface area contributed by atoms with Crippen LogP contribution in [-0.2, 0) is 8.89 Å². The second-order valence-corrected chi connectivity index (χ2v) is 2.23. The highest BCUT2D eigenvalue weighted by atomic mass is 28.3. The first kappa shape index (κ1) is 8.54. The Bertz CT molecular complexity index is 94.2. The molecule has 0 aromatic rings. The van der Waals surface area contributed by atoms with Gasteiger partial charge in [-0.05, 0) is 0 Å². The molecule has 0 aliphatic carbocycles. The minimum Gasteiger partial charge on any atom is -0.511 e. The van der Waals surface area contributed by atoms with E-state index in [1.54, 1.807) is 0 Å². The molecule has 0 radical (unpaired) electrons. The van der Waals surface area contributed by atoms with E-state index < -0.39 is 21.9 Å². The van der Waals surface area contributed by atoms with Gasteiger partial charge in [0.25, 0.3) is 0 Å². The largest absolute Gasteiger partial charge is 0.764 e. The third kappa shape index (κ3) is 5.41. The molecule has 0 aromatic carbocycles. The van der Waals surface area contributed by atoms with Crippen LogP contribution < -0.4 is 0 Å². The maximum atomic E-state index is 9.79. The molecule has 9 heavy (non-hydrogen) atoms. The highest BCUT2D eigenvalue weighted by Gasteiger charge is 2.07. The van der Waals surface area contributed by atoms with Crippen molar-refractivity contribution < 1.29 is 23.9 Å². The van der Waals surface area contributed by atoms with E-state index in [-0.39, 0.29) is 6.61 Å². The molecule has 0 aromatic heterocycles. The van der Waals surface area contributed by atoms with Crippen LogP contribution in [0.4, 0.5) is 0 Å². The molecule has 0 saturated heterocycles. The molecule has 1 unspecified atom stereocenters. The summed E-state index contributed by atoms with van der Waals surface area (Å²) in [6.07, 6.45) is -1.06. The van der Waals surface area contributed by atoms with Crippen LogP contribution in [0.5, 0.6) is 0 Å². The third-order valence-corrected chi connectivity index (χ3v) is 1.02. The minimum atomic E-state index is -2.96. The van der Waals surface area contributed by atoms with Gasteiger partial charge < -0.3 is 19.4 Å². The topological polar surface area (TPSA) is 87.0 Å². The van der Waals surface area contributed by atoms with Gasteiger partial charge in [-0.15, -0.1) is 0 Å². The second-order valence-electron chi connectivity index (χ2n) is 1.41. The van der Waals surface area contributed by atoms with Crippen LogP contribution in [0, 0.1) is 0 Å². The molecule has 0 amide bonds. The Morgan fingerprint density at radius 3 is 2.56 bits per heavy atom. The van der Waals surface area contributed by atoms with E-state index in [1.165, 1.54) is 0 Å². The zero-order chi connectivity index (χ0) is 7.28. The Hall–Kier alpha value is -0.463. The maximum absolute atomic E-state index is 9.79. The highest BCUT2D eigenvalue weighted by molar-refractivity contribution is 6.24. The average Bonchev–Trinajstić information content (AvgIpc) is 1.83. The average molecular weight is 152 g/mol. The lowest BCUT2D eigenvalue weighted by Crippen LogP contribution is -2.22. The van der Waals surface area contributed by atoms with Crippen LogP contribution in [0.15, 0.2) is 0 Å². The van der Waals surface area contributed by atoms with E-state index in [2.05, 4.69) is 4.43 Å². The minimum absolute atomic E-state index is 0.301. The number of hydrogen-bond acceptors (Lipinski definition) is 4. The SMILES string of the molecule is O=[Si](O)OCC(O)CO. The van der Waals surface area contributed by atoms with E-state index in [1.807, 2.05) is 0 Å². The summed E-state index contributed by atoms with van der Waals surface area (Å²) in [7, 11) is -2.96. The fourth-order valence-electron chi connectivity index (χ4n) is 0.220. The third-order valence-electron chi connectivity index (χ3n) is 0.610. The molecule has 0 bridgehead atoms. The van der Waals surface area contributed by atoms with Gasteiger partial charge in [0.15, 0.2) is 0 Å². The van der Waals surface area contributed by atoms with Crippen LogP contribution in [0.25, 0.3) is 0 Å². The van der Waals surface area contributed by atoms with Crippen molar-refractivity contribution in [2.24, 2.45) is 0 Å². The van der Waals surface area contributed by atoms with Crippen molar-refractivity contribution in [3.8, 4) is 0 Å². The normalized spacial score (nSPS) is 12.7. The van der Waals surface area contributed by atoms with Gasteiger partial charge in [0.1, 0.15) is 12.7 Å². The monoisotopic (exact) mass is 152 g/mol. The summed E-state index contributed by atoms with van der Waals surface area (Å²) < 4.78 is 13.9. The lowest BCUT2D eigenvalue weighted by Gasteiger charge is -2.04. The molecular weight excluding hydrogens is 144 g/mol. The Morgan fingerprint density at radius 1 is 1.67 bits per heavy atom. The van der Waals surface area contributed by atoms with Crippen molar-refractivity contribution in [1.82, 2.24) is 0 Å². The van der Waals surface area contributed by atoms with Gasteiger partial charge in [-0.3, -0.25) is 4.46 Å². The summed E-state index contributed by atoms with van der Waals surface area (Å²) in [4.78, 5) is 8.03. The van der Waals surface area contributed by atoms with Crippen molar-refractivity contribution in [2.75, 3.05) is 13.2 Å². The molecule has 0 saturated carbocycles. The van der Waals surface area contributed by atoms with Gasteiger partial charge in [-0.1, -0.05) is 0 Å². The predicted octanol–water partition coefficient (Wildman–Crippen LogP) is -2.24. The predicted molar refractivity (Wildman–Crippen MR) is 27.7 cm³/mol. The number of aliphatic hydroxyl groups is 2. The highest BCUT2D eigenvalue weighted by Crippen LogP contribution is 1.80. The molecule has 1 atom stereocenters. The molecule has 6 heteroatoms. The first-order chi connectivity index (χ1) is 4.16. The maximum Gasteiger partial charge on any atom is 0.764 e. The lowest BCUT2D eigenvalue weighted by atomic mass is 10.4. The van der Waals surface area contributed by atoms with Crippen LogP contribution in [0.2, 0.25) is 0 Å². The summed E-state index contributed by atoms with van der Waals surface area (Å²) in [5.41, 5.74) is 0. The van der Waals surface area contributed by atoms with E-state index in [0.717, 1.165) is 0 Å². The summed E-state index contributed by atoms with van der Waals surface area (Å²) >= 11 is 0. The molecule has 0 spiro atoms. The van der Waals surface area contributed by atoms with Gasteiger partial charge >= 0.3 is 9.17 Å². The lowest BCUT2D eigenvalue weighted by molar-refractivity contribution is 0.0432. The second kappa shape index (κ2) is 4.42. The number of hydrogen-bond donors (Lipinski definition) is 3. The molecule has 5 nitrogen and oxygen atoms in total. The van der Waals surface area contributed by atoms with Gasteiger partial charge in [-0.2, -0.15) is 0 Å². The number of rotatable bonds is 4. The van der Waals surface area contributed by atoms with E-state index in [9.17, 15) is 4.46 Å². The Labute approximate surface area is 53.4 Å². The summed E-state index contributed by atoms with van der Waals surface area (Å²) in [6, 6.07) is 0. The van der Waals surface area contributed by atoms with E-state index in [4.69, 9.17) is 15.0 Å². The standard InChI is InChI=1S/C3H8O5Si/c4-1-3(5)2-8-9(6)7/h3-6H,1-2H2. The smallest absolute Gasteiger partial charge is 0.511 e.